The normalized spacial score (nSPS) is 13.8. The van der Waals surface area contributed by atoms with E-state index in [2.05, 4.69) is 101 Å². The molecule has 1 heteroatoms. The summed E-state index contributed by atoms with van der Waals surface area (Å²) in [5.41, 5.74) is 12.3. The zero-order valence-electron chi connectivity index (χ0n) is 18.3. The summed E-state index contributed by atoms with van der Waals surface area (Å²) >= 11 is 0. The van der Waals surface area contributed by atoms with E-state index in [9.17, 15) is 0 Å². The van der Waals surface area contributed by atoms with Gasteiger partial charge in [0.1, 0.15) is 0 Å². The third-order valence-electron chi connectivity index (χ3n) is 5.89. The summed E-state index contributed by atoms with van der Waals surface area (Å²) in [5, 5.41) is 3.23. The lowest BCUT2D eigenvalue weighted by molar-refractivity contribution is 1.36. The molecule has 0 atom stereocenters. The maximum Gasteiger partial charge on any atom is 0.0840 e. The Labute approximate surface area is 177 Å². The Morgan fingerprint density at radius 1 is 0.690 bits per heavy atom. The van der Waals surface area contributed by atoms with Crippen molar-refractivity contribution in [1.29, 1.82) is 0 Å². The molecule has 4 rings (SSSR count). The van der Waals surface area contributed by atoms with Crippen LogP contribution in [-0.2, 0) is 0 Å². The Hall–Kier alpha value is -2.64. The number of benzene rings is 3. The van der Waals surface area contributed by atoms with Gasteiger partial charge in [-0.3, -0.25) is 0 Å². The molecule has 0 aliphatic heterocycles. The first-order valence-electron chi connectivity index (χ1n) is 10.5. The fraction of sp³-hybridized carbons (Fsp3) is 0.214. The second-order valence-corrected chi connectivity index (χ2v) is 10.6. The molecule has 1 aliphatic rings. The van der Waals surface area contributed by atoms with Crippen molar-refractivity contribution in [1.82, 2.24) is 0 Å². The molecule has 3 aromatic rings. The molecule has 29 heavy (non-hydrogen) atoms. The molecule has 0 heterocycles. The maximum atomic E-state index is 2.38. The van der Waals surface area contributed by atoms with Crippen LogP contribution < -0.4 is 5.19 Å². The lowest BCUT2D eigenvalue weighted by Gasteiger charge is -2.18. The lowest BCUT2D eigenvalue weighted by Crippen LogP contribution is -2.20. The van der Waals surface area contributed by atoms with Crippen molar-refractivity contribution in [2.24, 2.45) is 0 Å². The minimum absolute atomic E-state index is 0.508. The van der Waals surface area contributed by atoms with Crippen LogP contribution in [0.5, 0.6) is 0 Å². The Balaban J connectivity index is 1.95. The molecule has 146 valence electrons. The minimum Gasteiger partial charge on any atom is -0.0806 e. The van der Waals surface area contributed by atoms with Gasteiger partial charge in [0.25, 0.3) is 0 Å². The van der Waals surface area contributed by atoms with E-state index in [4.69, 9.17) is 0 Å². The predicted molar refractivity (Wildman–Crippen MR) is 131 cm³/mol. The van der Waals surface area contributed by atoms with Crippen LogP contribution in [0.25, 0.3) is 22.3 Å². The van der Waals surface area contributed by atoms with Gasteiger partial charge in [0.05, 0.1) is 9.52 Å². The molecule has 1 aliphatic carbocycles. The highest BCUT2D eigenvalue weighted by atomic mass is 28.2. The van der Waals surface area contributed by atoms with Crippen LogP contribution in [0.3, 0.4) is 0 Å². The number of aryl methyl sites for hydroxylation is 4. The molecule has 0 aromatic heterocycles. The molecule has 0 fully saturated rings. The van der Waals surface area contributed by atoms with Gasteiger partial charge in [0.2, 0.25) is 0 Å². The smallest absolute Gasteiger partial charge is 0.0806 e. The fourth-order valence-corrected chi connectivity index (χ4v) is 6.67. The SMILES string of the molecule is CC1=C([SiH2]c2cccc(-c3cc(C)cc(C)c3)c2-c2cc(C)cc(C)c2)CC=C1. The van der Waals surface area contributed by atoms with Crippen molar-refractivity contribution in [2.75, 3.05) is 0 Å². The molecule has 0 amide bonds. The third-order valence-corrected chi connectivity index (χ3v) is 8.13. The first kappa shape index (κ1) is 19.7. The predicted octanol–water partition coefficient (Wildman–Crippen LogP) is 6.28. The van der Waals surface area contributed by atoms with Crippen molar-refractivity contribution in [2.45, 2.75) is 41.0 Å². The van der Waals surface area contributed by atoms with Gasteiger partial charge in [-0.2, -0.15) is 0 Å². The monoisotopic (exact) mass is 394 g/mol. The molecule has 0 bridgehead atoms. The Morgan fingerprint density at radius 3 is 1.83 bits per heavy atom. The van der Waals surface area contributed by atoms with Crippen molar-refractivity contribution < 1.29 is 0 Å². The van der Waals surface area contributed by atoms with Crippen LogP contribution in [-0.4, -0.2) is 9.52 Å². The maximum absolute atomic E-state index is 2.38. The second kappa shape index (κ2) is 8.00. The van der Waals surface area contributed by atoms with Gasteiger partial charge < -0.3 is 0 Å². The molecule has 3 aromatic carbocycles. The standard InChI is InChI=1S/C28H30Si/c1-18-12-19(2)15-23(14-18)25-9-7-11-27(29-26-10-6-8-22(26)5)28(25)24-16-20(3)13-21(4)17-24/h6-9,11-17H,10,29H2,1-5H3. The molecular weight excluding hydrogens is 364 g/mol. The number of rotatable bonds is 4. The highest BCUT2D eigenvalue weighted by Gasteiger charge is 2.16. The van der Waals surface area contributed by atoms with Crippen LogP contribution >= 0.6 is 0 Å². The van der Waals surface area contributed by atoms with E-state index in [1.54, 1.807) is 10.4 Å². The zero-order valence-corrected chi connectivity index (χ0v) is 19.7. The van der Waals surface area contributed by atoms with Gasteiger partial charge in [0.15, 0.2) is 0 Å². The summed E-state index contributed by atoms with van der Waals surface area (Å²) in [5.74, 6) is 0. The Kier molecular flexibility index (Phi) is 5.43. The summed E-state index contributed by atoms with van der Waals surface area (Å²) in [6.07, 6.45) is 5.76. The summed E-state index contributed by atoms with van der Waals surface area (Å²) in [6, 6.07) is 20.9. The molecular formula is C28H30Si. The van der Waals surface area contributed by atoms with E-state index < -0.39 is 9.52 Å². The quantitative estimate of drug-likeness (QED) is 0.457. The zero-order chi connectivity index (χ0) is 20.5. The molecule has 0 unspecified atom stereocenters. The Morgan fingerprint density at radius 2 is 1.28 bits per heavy atom. The van der Waals surface area contributed by atoms with E-state index in [-0.39, 0.29) is 0 Å². The average Bonchev–Trinajstić information content (AvgIpc) is 3.04. The topological polar surface area (TPSA) is 0 Å². The highest BCUT2D eigenvalue weighted by Crippen LogP contribution is 2.33. The van der Waals surface area contributed by atoms with Crippen LogP contribution in [0.15, 0.2) is 77.5 Å². The van der Waals surface area contributed by atoms with Gasteiger partial charge >= 0.3 is 0 Å². The number of hydrogen-bond acceptors (Lipinski definition) is 0. The van der Waals surface area contributed by atoms with Crippen LogP contribution in [0.1, 0.15) is 35.6 Å². The summed E-state index contributed by atoms with van der Waals surface area (Å²) in [7, 11) is -0.508. The largest absolute Gasteiger partial charge is 0.0840 e. The summed E-state index contributed by atoms with van der Waals surface area (Å²) in [6.45, 7) is 11.1. The van der Waals surface area contributed by atoms with Crippen molar-refractivity contribution >= 4 is 14.7 Å². The van der Waals surface area contributed by atoms with Gasteiger partial charge in [-0.25, -0.2) is 0 Å². The van der Waals surface area contributed by atoms with Crippen molar-refractivity contribution in [3.8, 4) is 22.3 Å². The molecule has 0 spiro atoms. The number of hydrogen-bond donors (Lipinski definition) is 0. The molecule has 0 saturated carbocycles. The second-order valence-electron chi connectivity index (χ2n) is 8.66. The van der Waals surface area contributed by atoms with Crippen LogP contribution in [0.4, 0.5) is 0 Å². The van der Waals surface area contributed by atoms with E-state index in [0.29, 0.717) is 0 Å². The first-order valence-corrected chi connectivity index (χ1v) is 12.0. The highest BCUT2D eigenvalue weighted by molar-refractivity contribution is 6.63. The summed E-state index contributed by atoms with van der Waals surface area (Å²) in [4.78, 5) is 0. The van der Waals surface area contributed by atoms with Gasteiger partial charge in [-0.15, -0.1) is 0 Å². The first-order chi connectivity index (χ1) is 13.9. The number of allylic oxidation sites excluding steroid dienone is 4. The van der Waals surface area contributed by atoms with Crippen molar-refractivity contribution in [3.05, 3.63) is 99.8 Å². The van der Waals surface area contributed by atoms with E-state index in [1.165, 1.54) is 50.1 Å². The Bertz CT molecular complexity index is 1100. The minimum atomic E-state index is -0.508. The molecule has 0 radical (unpaired) electrons. The van der Waals surface area contributed by atoms with Crippen molar-refractivity contribution in [3.63, 3.8) is 0 Å². The summed E-state index contributed by atoms with van der Waals surface area (Å²) < 4.78 is 0. The third kappa shape index (κ3) is 4.20. The van der Waals surface area contributed by atoms with Crippen LogP contribution in [0.2, 0.25) is 0 Å². The van der Waals surface area contributed by atoms with Gasteiger partial charge in [-0.05, 0) is 63.3 Å². The lowest BCUT2D eigenvalue weighted by atomic mass is 9.91. The fourth-order valence-electron chi connectivity index (χ4n) is 4.68. The average molecular weight is 395 g/mol. The molecule has 0 nitrogen and oxygen atoms in total. The van der Waals surface area contributed by atoms with E-state index in [0.717, 1.165) is 6.42 Å². The van der Waals surface area contributed by atoms with Gasteiger partial charge in [-0.1, -0.05) is 105 Å². The molecule has 0 N–H and O–H groups in total. The molecule has 0 saturated heterocycles. The van der Waals surface area contributed by atoms with Gasteiger partial charge in [0, 0.05) is 0 Å². The van der Waals surface area contributed by atoms with E-state index in [1.807, 2.05) is 0 Å². The van der Waals surface area contributed by atoms with Crippen LogP contribution in [0, 0.1) is 27.7 Å². The van der Waals surface area contributed by atoms with E-state index >= 15 is 0 Å².